The van der Waals surface area contributed by atoms with Gasteiger partial charge in [-0.2, -0.15) is 0 Å². The number of hydrogen-bond donors (Lipinski definition) is 2. The Kier molecular flexibility index (Phi) is 7.52. The maximum atomic E-state index is 16.4. The van der Waals surface area contributed by atoms with Crippen molar-refractivity contribution in [1.82, 2.24) is 24.3 Å². The number of rotatable bonds is 6. The summed E-state index contributed by atoms with van der Waals surface area (Å²) in [6.07, 6.45) is 4.24. The summed E-state index contributed by atoms with van der Waals surface area (Å²) < 4.78 is 24.1. The van der Waals surface area contributed by atoms with Crippen LogP contribution in [0.2, 0.25) is 5.02 Å². The lowest BCUT2D eigenvalue weighted by atomic mass is 9.86. The van der Waals surface area contributed by atoms with E-state index in [0.29, 0.717) is 23.6 Å². The number of ether oxygens (including phenoxy) is 1. The lowest BCUT2D eigenvalue weighted by Crippen LogP contribution is -2.67. The van der Waals surface area contributed by atoms with Crippen LogP contribution < -0.4 is 26.6 Å². The summed E-state index contributed by atoms with van der Waals surface area (Å²) in [4.78, 5) is 56.6. The van der Waals surface area contributed by atoms with E-state index in [1.165, 1.54) is 14.1 Å². The first-order valence-corrected chi connectivity index (χ1v) is 15.7. The van der Waals surface area contributed by atoms with Crippen molar-refractivity contribution < 1.29 is 18.7 Å². The maximum Gasteiger partial charge on any atom is 0.330 e. The molecule has 1 atom stereocenters. The summed E-state index contributed by atoms with van der Waals surface area (Å²) in [7, 11) is 4.28. The number of anilines is 1. The van der Waals surface area contributed by atoms with Crippen LogP contribution in [0, 0.1) is 5.82 Å². The van der Waals surface area contributed by atoms with Gasteiger partial charge in [0.2, 0.25) is 11.8 Å². The van der Waals surface area contributed by atoms with Gasteiger partial charge in [-0.15, -0.1) is 0 Å². The Morgan fingerprint density at radius 1 is 1.09 bits per heavy atom. The van der Waals surface area contributed by atoms with Gasteiger partial charge in [-0.05, 0) is 43.0 Å². The second-order valence-electron chi connectivity index (χ2n) is 12.5. The quantitative estimate of drug-likeness (QED) is 0.323. The summed E-state index contributed by atoms with van der Waals surface area (Å²) in [6.45, 7) is 1.57. The topological polar surface area (TPSA) is 128 Å². The summed E-state index contributed by atoms with van der Waals surface area (Å²) in [5.41, 5.74) is 1.74. The van der Waals surface area contributed by atoms with Crippen LogP contribution in [0.15, 0.2) is 58.3 Å². The molecule has 1 aliphatic carbocycles. The Hall–Kier alpha value is -4.81. The summed E-state index contributed by atoms with van der Waals surface area (Å²) >= 11 is 6.73. The normalized spacial score (nSPS) is 18.1. The summed E-state index contributed by atoms with van der Waals surface area (Å²) in [5.74, 6) is -0.747. The molecule has 13 heteroatoms. The third-order valence-electron chi connectivity index (χ3n) is 9.51. The number of fused-ring (bicyclic) bond motifs is 1. The number of carbonyl (C=O) groups excluding carboxylic acids is 2. The van der Waals surface area contributed by atoms with Crippen LogP contribution in [0.5, 0.6) is 5.88 Å². The molecule has 242 valence electrons. The fourth-order valence-corrected chi connectivity index (χ4v) is 7.41. The van der Waals surface area contributed by atoms with E-state index in [4.69, 9.17) is 21.3 Å². The molecule has 2 aromatic carbocycles. The lowest BCUT2D eigenvalue weighted by Gasteiger charge is -2.50. The Balaban J connectivity index is 1.18. The van der Waals surface area contributed by atoms with E-state index in [1.54, 1.807) is 43.5 Å². The number of pyridine rings is 1. The number of methoxy groups -OCH3 is 1. The van der Waals surface area contributed by atoms with Gasteiger partial charge in [-0.25, -0.2) is 14.2 Å². The number of hydrogen-bond acceptors (Lipinski definition) is 7. The highest BCUT2D eigenvalue weighted by atomic mass is 35.5. The van der Waals surface area contributed by atoms with Crippen LogP contribution in [0.3, 0.4) is 0 Å². The molecule has 4 aromatic rings. The van der Waals surface area contributed by atoms with E-state index in [9.17, 15) is 19.2 Å². The van der Waals surface area contributed by atoms with Crippen molar-refractivity contribution in [2.45, 2.75) is 37.3 Å². The SMILES string of the molecule is COc1nc(-c2cccc(-c3cccc(NC(=O)c4cn(C)c(=O)n(C)c4=O)c3Cl)c2F)cc2c1[C@@H](N1CC3(CCC(=O)N3)C1)CC2. The van der Waals surface area contributed by atoms with Gasteiger partial charge in [-0.1, -0.05) is 35.9 Å². The van der Waals surface area contributed by atoms with Crippen LogP contribution in [-0.4, -0.2) is 56.6 Å². The molecule has 47 heavy (non-hydrogen) atoms. The summed E-state index contributed by atoms with van der Waals surface area (Å²) in [5, 5.41) is 5.84. The van der Waals surface area contributed by atoms with Crippen molar-refractivity contribution in [1.29, 1.82) is 0 Å². The molecule has 11 nitrogen and oxygen atoms in total. The molecule has 7 rings (SSSR count). The first kappa shape index (κ1) is 30.8. The molecular weight excluding hydrogens is 627 g/mol. The Labute approximate surface area is 273 Å². The minimum atomic E-state index is -0.761. The molecule has 2 amide bonds. The number of amides is 2. The highest BCUT2D eigenvalue weighted by molar-refractivity contribution is 6.36. The number of nitrogens with zero attached hydrogens (tertiary/aromatic N) is 4. The van der Waals surface area contributed by atoms with E-state index in [-0.39, 0.29) is 44.9 Å². The predicted molar refractivity (Wildman–Crippen MR) is 174 cm³/mol. The number of carbonyl (C=O) groups is 2. The van der Waals surface area contributed by atoms with E-state index >= 15 is 4.39 Å². The van der Waals surface area contributed by atoms with Crippen molar-refractivity contribution in [2.75, 3.05) is 25.5 Å². The fourth-order valence-electron chi connectivity index (χ4n) is 7.13. The Morgan fingerprint density at radius 3 is 2.53 bits per heavy atom. The monoisotopic (exact) mass is 658 g/mol. The van der Waals surface area contributed by atoms with Crippen molar-refractivity contribution in [3.8, 4) is 28.3 Å². The van der Waals surface area contributed by atoms with Crippen molar-refractivity contribution in [2.24, 2.45) is 14.1 Å². The number of aryl methyl sites for hydroxylation is 2. The van der Waals surface area contributed by atoms with E-state index in [2.05, 4.69) is 15.5 Å². The molecule has 1 spiro atoms. The second-order valence-corrected chi connectivity index (χ2v) is 12.8. The zero-order chi connectivity index (χ0) is 33.2. The Bertz CT molecular complexity index is 2100. The fraction of sp³-hybridized carbons (Fsp3) is 0.324. The van der Waals surface area contributed by atoms with Crippen LogP contribution >= 0.6 is 11.6 Å². The van der Waals surface area contributed by atoms with Crippen LogP contribution in [-0.2, 0) is 25.3 Å². The number of aromatic nitrogens is 3. The minimum Gasteiger partial charge on any atom is -0.481 e. The molecular formula is C34H32ClFN6O5. The number of nitrogens with one attached hydrogen (secondary N) is 2. The predicted octanol–water partition coefficient (Wildman–Crippen LogP) is 3.82. The number of benzene rings is 2. The van der Waals surface area contributed by atoms with E-state index < -0.39 is 23.0 Å². The van der Waals surface area contributed by atoms with Crippen molar-refractivity contribution in [3.63, 3.8) is 0 Å². The Morgan fingerprint density at radius 2 is 1.81 bits per heavy atom. The molecule has 2 N–H and O–H groups in total. The zero-order valence-electron chi connectivity index (χ0n) is 26.0. The van der Waals surface area contributed by atoms with Crippen LogP contribution in [0.25, 0.3) is 22.4 Å². The van der Waals surface area contributed by atoms with Gasteiger partial charge >= 0.3 is 5.69 Å². The lowest BCUT2D eigenvalue weighted by molar-refractivity contribution is -0.121. The van der Waals surface area contributed by atoms with Crippen molar-refractivity contribution in [3.05, 3.63) is 97.0 Å². The molecule has 3 aliphatic rings. The second kappa shape index (κ2) is 11.5. The molecule has 2 fully saturated rings. The summed E-state index contributed by atoms with van der Waals surface area (Å²) in [6, 6.07) is 11.8. The first-order valence-electron chi connectivity index (χ1n) is 15.3. The number of likely N-dealkylation sites (tertiary alicyclic amines) is 1. The van der Waals surface area contributed by atoms with Gasteiger partial charge in [0.1, 0.15) is 11.4 Å². The third-order valence-corrected chi connectivity index (χ3v) is 9.92. The largest absolute Gasteiger partial charge is 0.481 e. The maximum absolute atomic E-state index is 16.4. The highest BCUT2D eigenvalue weighted by Gasteiger charge is 2.51. The van der Waals surface area contributed by atoms with Gasteiger partial charge in [-0.3, -0.25) is 23.9 Å². The molecule has 0 radical (unpaired) electrons. The van der Waals surface area contributed by atoms with Gasteiger partial charge in [0.25, 0.3) is 11.5 Å². The standard InChI is InChI=1S/C34H32ClFN6O5/c1-40-15-22(32(45)41(2)33(40)46)30(44)37-23-9-5-6-19(28(23)35)20-7-4-8-21(29(20)36)24-14-18-10-11-25(27(18)31(38-24)47-3)42-16-34(17-42)13-12-26(43)39-34/h4-9,14-15,25H,10-13,16-17H2,1-3H3,(H,37,44)(H,39,43)/t25-/m0/s1. The zero-order valence-corrected chi connectivity index (χ0v) is 26.8. The molecule has 2 aromatic heterocycles. The first-order chi connectivity index (χ1) is 22.5. The van der Waals surface area contributed by atoms with E-state index in [1.807, 2.05) is 6.07 Å². The smallest absolute Gasteiger partial charge is 0.330 e. The van der Waals surface area contributed by atoms with E-state index in [0.717, 1.165) is 58.8 Å². The molecule has 0 saturated carbocycles. The third kappa shape index (κ3) is 5.12. The van der Waals surface area contributed by atoms with Crippen LogP contribution in [0.1, 0.15) is 46.8 Å². The van der Waals surface area contributed by atoms with Gasteiger partial charge in [0.15, 0.2) is 0 Å². The van der Waals surface area contributed by atoms with Crippen LogP contribution in [0.4, 0.5) is 10.1 Å². The average Bonchev–Trinajstić information content (AvgIpc) is 3.65. The van der Waals surface area contributed by atoms with Gasteiger partial charge in [0.05, 0.1) is 29.1 Å². The highest BCUT2D eigenvalue weighted by Crippen LogP contribution is 2.47. The van der Waals surface area contributed by atoms with Gasteiger partial charge < -0.3 is 19.9 Å². The average molecular weight is 659 g/mol. The molecule has 0 bridgehead atoms. The molecule has 2 saturated heterocycles. The van der Waals surface area contributed by atoms with Crippen molar-refractivity contribution >= 4 is 29.1 Å². The molecule has 0 unspecified atom stereocenters. The minimum absolute atomic E-state index is 0.0756. The number of halogens is 2. The molecule has 2 aliphatic heterocycles. The molecule has 4 heterocycles. The van der Waals surface area contributed by atoms with Gasteiger partial charge in [0, 0.05) is 68.1 Å².